The van der Waals surface area contributed by atoms with Crippen molar-refractivity contribution in [2.24, 2.45) is 0 Å². The Balaban J connectivity index is 2.16. The molecule has 3 aromatic carbocycles. The lowest BCUT2D eigenvalue weighted by Crippen LogP contribution is -1.98. The SMILES string of the molecule is COc1c(-c2c(C)cc(OC)c3c(OC)cccc23)ccc2cc(C)nc(C)c12. The summed E-state index contributed by atoms with van der Waals surface area (Å²) in [6.07, 6.45) is 0. The fraction of sp³-hybridized carbons (Fsp3) is 0.240. The van der Waals surface area contributed by atoms with Crippen molar-refractivity contribution in [1.82, 2.24) is 4.98 Å². The van der Waals surface area contributed by atoms with Crippen LogP contribution in [0.3, 0.4) is 0 Å². The topological polar surface area (TPSA) is 40.6 Å². The molecule has 4 rings (SSSR count). The lowest BCUT2D eigenvalue weighted by atomic mass is 9.90. The third-order valence-electron chi connectivity index (χ3n) is 5.46. The predicted molar refractivity (Wildman–Crippen MR) is 119 cm³/mol. The molecule has 0 aliphatic heterocycles. The van der Waals surface area contributed by atoms with Crippen molar-refractivity contribution in [3.63, 3.8) is 0 Å². The lowest BCUT2D eigenvalue weighted by Gasteiger charge is -2.19. The summed E-state index contributed by atoms with van der Waals surface area (Å²) in [5, 5.41) is 4.20. The van der Waals surface area contributed by atoms with Gasteiger partial charge in [-0.15, -0.1) is 0 Å². The van der Waals surface area contributed by atoms with Crippen LogP contribution >= 0.6 is 0 Å². The Hall–Kier alpha value is -3.27. The molecule has 4 aromatic rings. The second-order valence-corrected chi connectivity index (χ2v) is 7.25. The van der Waals surface area contributed by atoms with Gasteiger partial charge in [0.25, 0.3) is 0 Å². The first-order valence-electron chi connectivity index (χ1n) is 9.59. The molecule has 0 spiro atoms. The number of hydrogen-bond acceptors (Lipinski definition) is 4. The van der Waals surface area contributed by atoms with Crippen LogP contribution < -0.4 is 14.2 Å². The van der Waals surface area contributed by atoms with Gasteiger partial charge in [-0.1, -0.05) is 18.2 Å². The van der Waals surface area contributed by atoms with Gasteiger partial charge in [-0.3, -0.25) is 4.98 Å². The van der Waals surface area contributed by atoms with Gasteiger partial charge in [0.05, 0.1) is 26.7 Å². The molecule has 4 heteroatoms. The van der Waals surface area contributed by atoms with E-state index in [0.29, 0.717) is 0 Å². The van der Waals surface area contributed by atoms with Gasteiger partial charge >= 0.3 is 0 Å². The smallest absolute Gasteiger partial charge is 0.136 e. The Morgan fingerprint density at radius 2 is 1.52 bits per heavy atom. The van der Waals surface area contributed by atoms with Crippen LogP contribution in [-0.4, -0.2) is 26.3 Å². The van der Waals surface area contributed by atoms with Crippen molar-refractivity contribution in [1.29, 1.82) is 0 Å². The lowest BCUT2D eigenvalue weighted by molar-refractivity contribution is 0.405. The van der Waals surface area contributed by atoms with E-state index in [9.17, 15) is 0 Å². The highest BCUT2D eigenvalue weighted by Gasteiger charge is 2.20. The van der Waals surface area contributed by atoms with Crippen molar-refractivity contribution in [2.45, 2.75) is 20.8 Å². The summed E-state index contributed by atoms with van der Waals surface area (Å²) in [6.45, 7) is 6.14. The normalized spacial score (nSPS) is 11.1. The van der Waals surface area contributed by atoms with Gasteiger partial charge in [0, 0.05) is 22.3 Å². The zero-order valence-electron chi connectivity index (χ0n) is 17.7. The maximum Gasteiger partial charge on any atom is 0.136 e. The van der Waals surface area contributed by atoms with Gasteiger partial charge in [0.15, 0.2) is 0 Å². The van der Waals surface area contributed by atoms with Crippen molar-refractivity contribution in [2.75, 3.05) is 21.3 Å². The number of benzene rings is 3. The second kappa shape index (κ2) is 7.28. The predicted octanol–water partition coefficient (Wildman–Crippen LogP) is 6.01. The van der Waals surface area contributed by atoms with E-state index in [4.69, 9.17) is 14.2 Å². The highest BCUT2D eigenvalue weighted by Crippen LogP contribution is 2.46. The molecule has 0 fully saturated rings. The molecule has 0 saturated carbocycles. The number of aryl methyl sites for hydroxylation is 3. The number of aromatic nitrogens is 1. The number of fused-ring (bicyclic) bond motifs is 2. The maximum absolute atomic E-state index is 5.95. The monoisotopic (exact) mass is 387 g/mol. The Morgan fingerprint density at radius 3 is 2.21 bits per heavy atom. The van der Waals surface area contributed by atoms with Gasteiger partial charge in [0.2, 0.25) is 0 Å². The number of rotatable bonds is 4. The Morgan fingerprint density at radius 1 is 0.759 bits per heavy atom. The van der Waals surface area contributed by atoms with Crippen LogP contribution in [-0.2, 0) is 0 Å². The first kappa shape index (κ1) is 19.1. The summed E-state index contributed by atoms with van der Waals surface area (Å²) in [5.74, 6) is 2.42. The largest absolute Gasteiger partial charge is 0.496 e. The molecule has 0 saturated heterocycles. The highest BCUT2D eigenvalue weighted by atomic mass is 16.5. The number of pyridine rings is 1. The second-order valence-electron chi connectivity index (χ2n) is 7.25. The van der Waals surface area contributed by atoms with Gasteiger partial charge in [-0.25, -0.2) is 0 Å². The minimum absolute atomic E-state index is 0.786. The van der Waals surface area contributed by atoms with E-state index < -0.39 is 0 Å². The maximum atomic E-state index is 5.95. The molecule has 0 amide bonds. The van der Waals surface area contributed by atoms with Crippen LogP contribution in [0.2, 0.25) is 0 Å². The van der Waals surface area contributed by atoms with E-state index in [-0.39, 0.29) is 0 Å². The summed E-state index contributed by atoms with van der Waals surface area (Å²) in [7, 11) is 5.09. The highest BCUT2D eigenvalue weighted by molar-refractivity contribution is 6.08. The summed E-state index contributed by atoms with van der Waals surface area (Å²) in [5.41, 5.74) is 5.22. The molecule has 29 heavy (non-hydrogen) atoms. The minimum atomic E-state index is 0.786. The van der Waals surface area contributed by atoms with Crippen molar-refractivity contribution >= 4 is 21.5 Å². The van der Waals surface area contributed by atoms with Crippen molar-refractivity contribution in [3.05, 3.63) is 59.4 Å². The van der Waals surface area contributed by atoms with Crippen molar-refractivity contribution < 1.29 is 14.2 Å². The van der Waals surface area contributed by atoms with Gasteiger partial charge in [0.1, 0.15) is 17.2 Å². The average molecular weight is 387 g/mol. The number of nitrogens with zero attached hydrogens (tertiary/aromatic N) is 1. The number of methoxy groups -OCH3 is 3. The molecule has 0 aliphatic rings. The molecule has 0 bridgehead atoms. The minimum Gasteiger partial charge on any atom is -0.496 e. The third-order valence-corrected chi connectivity index (χ3v) is 5.46. The summed E-state index contributed by atoms with van der Waals surface area (Å²) in [6, 6.07) is 14.5. The molecule has 0 aliphatic carbocycles. The molecular weight excluding hydrogens is 362 g/mol. The molecular formula is C25H25NO3. The summed E-state index contributed by atoms with van der Waals surface area (Å²) < 4.78 is 17.3. The van der Waals surface area contributed by atoms with E-state index in [0.717, 1.165) is 66.9 Å². The van der Waals surface area contributed by atoms with E-state index >= 15 is 0 Å². The van der Waals surface area contributed by atoms with Crippen LogP contribution in [0.15, 0.2) is 42.5 Å². The average Bonchev–Trinajstić information content (AvgIpc) is 2.71. The standard InChI is InChI=1S/C25H25NO3/c1-14-12-21(28-5)24-18(8-7-9-20(24)27-4)22(14)19-11-10-17-13-15(2)26-16(3)23(17)25(19)29-6/h7-13H,1-6H3. The molecule has 4 nitrogen and oxygen atoms in total. The van der Waals surface area contributed by atoms with Crippen molar-refractivity contribution in [3.8, 4) is 28.4 Å². The molecule has 0 atom stereocenters. The van der Waals surface area contributed by atoms with Gasteiger partial charge < -0.3 is 14.2 Å². The van der Waals surface area contributed by atoms with E-state index in [1.807, 2.05) is 26.0 Å². The zero-order chi connectivity index (χ0) is 20.7. The molecule has 1 heterocycles. The molecule has 0 N–H and O–H groups in total. The van der Waals surface area contributed by atoms with Gasteiger partial charge in [-0.2, -0.15) is 0 Å². The van der Waals surface area contributed by atoms with Crippen LogP contribution in [0.25, 0.3) is 32.7 Å². The van der Waals surface area contributed by atoms with Crippen LogP contribution in [0, 0.1) is 20.8 Å². The first-order chi connectivity index (χ1) is 14.0. The fourth-order valence-electron chi connectivity index (χ4n) is 4.31. The molecule has 0 radical (unpaired) electrons. The van der Waals surface area contributed by atoms with E-state index in [2.05, 4.69) is 42.2 Å². The van der Waals surface area contributed by atoms with Crippen LogP contribution in [0.4, 0.5) is 0 Å². The van der Waals surface area contributed by atoms with Crippen LogP contribution in [0.5, 0.6) is 17.2 Å². The van der Waals surface area contributed by atoms with E-state index in [1.165, 1.54) is 0 Å². The summed E-state index contributed by atoms with van der Waals surface area (Å²) >= 11 is 0. The van der Waals surface area contributed by atoms with Gasteiger partial charge in [-0.05, 0) is 66.9 Å². The Bertz CT molecular complexity index is 1240. The molecule has 0 unspecified atom stereocenters. The fourth-order valence-corrected chi connectivity index (χ4v) is 4.31. The Labute approximate surface area is 171 Å². The first-order valence-corrected chi connectivity index (χ1v) is 9.59. The number of ether oxygens (including phenoxy) is 3. The van der Waals surface area contributed by atoms with Crippen LogP contribution in [0.1, 0.15) is 17.0 Å². The third kappa shape index (κ3) is 2.96. The number of hydrogen-bond donors (Lipinski definition) is 0. The summed E-state index contributed by atoms with van der Waals surface area (Å²) in [4.78, 5) is 4.66. The van der Waals surface area contributed by atoms with E-state index in [1.54, 1.807) is 21.3 Å². The zero-order valence-corrected chi connectivity index (χ0v) is 17.7. The Kier molecular flexibility index (Phi) is 4.79. The quantitative estimate of drug-likeness (QED) is 0.430. The molecule has 148 valence electrons. The molecule has 1 aromatic heterocycles.